The SMILES string of the molecule is NCC1CN(CCn2cccn2)C1. The average molecular weight is 180 g/mol. The van der Waals surface area contributed by atoms with Crippen LogP contribution in [0.25, 0.3) is 0 Å². The van der Waals surface area contributed by atoms with Gasteiger partial charge in [-0.05, 0) is 18.5 Å². The number of nitrogens with zero attached hydrogens (tertiary/aromatic N) is 3. The average Bonchev–Trinajstić information content (AvgIpc) is 2.54. The van der Waals surface area contributed by atoms with E-state index in [0.29, 0.717) is 0 Å². The van der Waals surface area contributed by atoms with Gasteiger partial charge in [0, 0.05) is 32.0 Å². The highest BCUT2D eigenvalue weighted by molar-refractivity contribution is 4.81. The Labute approximate surface area is 78.3 Å². The van der Waals surface area contributed by atoms with Crippen molar-refractivity contribution in [3.63, 3.8) is 0 Å². The lowest BCUT2D eigenvalue weighted by Gasteiger charge is -2.38. The molecule has 0 aromatic carbocycles. The van der Waals surface area contributed by atoms with E-state index in [2.05, 4.69) is 10.00 Å². The van der Waals surface area contributed by atoms with Gasteiger partial charge in [-0.2, -0.15) is 5.10 Å². The molecule has 13 heavy (non-hydrogen) atoms. The second-order valence-electron chi connectivity index (χ2n) is 3.63. The summed E-state index contributed by atoms with van der Waals surface area (Å²) in [6.45, 7) is 5.25. The Morgan fingerprint density at radius 1 is 1.38 bits per heavy atom. The van der Waals surface area contributed by atoms with Gasteiger partial charge in [-0.3, -0.25) is 4.68 Å². The molecule has 1 aromatic heterocycles. The lowest BCUT2D eigenvalue weighted by Crippen LogP contribution is -2.50. The van der Waals surface area contributed by atoms with E-state index in [0.717, 1.165) is 38.6 Å². The molecule has 1 saturated heterocycles. The molecule has 2 heterocycles. The topological polar surface area (TPSA) is 47.1 Å². The molecule has 0 spiro atoms. The van der Waals surface area contributed by atoms with E-state index in [1.807, 2.05) is 23.1 Å². The third-order valence-electron chi connectivity index (χ3n) is 2.57. The van der Waals surface area contributed by atoms with E-state index >= 15 is 0 Å². The van der Waals surface area contributed by atoms with Gasteiger partial charge in [0.2, 0.25) is 0 Å². The largest absolute Gasteiger partial charge is 0.330 e. The monoisotopic (exact) mass is 180 g/mol. The summed E-state index contributed by atoms with van der Waals surface area (Å²) >= 11 is 0. The Kier molecular flexibility index (Phi) is 2.61. The van der Waals surface area contributed by atoms with Crippen molar-refractivity contribution < 1.29 is 0 Å². The normalized spacial score (nSPS) is 18.8. The minimum atomic E-state index is 0.734. The van der Waals surface area contributed by atoms with Crippen molar-refractivity contribution >= 4 is 0 Å². The molecule has 1 aliphatic rings. The molecule has 72 valence electrons. The highest BCUT2D eigenvalue weighted by atomic mass is 15.3. The molecule has 1 aromatic rings. The summed E-state index contributed by atoms with van der Waals surface area (Å²) in [5.74, 6) is 0.734. The standard InChI is InChI=1S/C9H16N4/c10-6-9-7-12(8-9)4-5-13-3-1-2-11-13/h1-3,9H,4-8,10H2. The van der Waals surface area contributed by atoms with Gasteiger partial charge in [-0.15, -0.1) is 0 Å². The van der Waals surface area contributed by atoms with Crippen molar-refractivity contribution in [1.29, 1.82) is 0 Å². The van der Waals surface area contributed by atoms with Crippen LogP contribution in [0, 0.1) is 5.92 Å². The summed E-state index contributed by atoms with van der Waals surface area (Å²) in [6, 6.07) is 1.96. The molecule has 0 atom stereocenters. The lowest BCUT2D eigenvalue weighted by atomic mass is 10.0. The van der Waals surface area contributed by atoms with Crippen LogP contribution in [-0.4, -0.2) is 40.9 Å². The van der Waals surface area contributed by atoms with Crippen LogP contribution in [0.4, 0.5) is 0 Å². The molecule has 0 saturated carbocycles. The van der Waals surface area contributed by atoms with E-state index in [4.69, 9.17) is 5.73 Å². The molecule has 2 N–H and O–H groups in total. The summed E-state index contributed by atoms with van der Waals surface area (Å²) in [7, 11) is 0. The molecule has 0 bridgehead atoms. The van der Waals surface area contributed by atoms with Crippen molar-refractivity contribution in [3.8, 4) is 0 Å². The van der Waals surface area contributed by atoms with Crippen molar-refractivity contribution in [2.24, 2.45) is 11.7 Å². The minimum Gasteiger partial charge on any atom is -0.330 e. The van der Waals surface area contributed by atoms with E-state index in [1.165, 1.54) is 0 Å². The van der Waals surface area contributed by atoms with Gasteiger partial charge < -0.3 is 10.6 Å². The van der Waals surface area contributed by atoms with E-state index in [-0.39, 0.29) is 0 Å². The van der Waals surface area contributed by atoms with E-state index in [1.54, 1.807) is 0 Å². The Hall–Kier alpha value is -0.870. The summed E-state index contributed by atoms with van der Waals surface area (Å²) in [5, 5.41) is 4.15. The van der Waals surface area contributed by atoms with Gasteiger partial charge in [0.25, 0.3) is 0 Å². The maximum absolute atomic E-state index is 5.54. The summed E-state index contributed by atoms with van der Waals surface area (Å²) in [5.41, 5.74) is 5.54. The first kappa shape index (κ1) is 8.72. The highest BCUT2D eigenvalue weighted by Gasteiger charge is 2.24. The molecule has 0 amide bonds. The summed E-state index contributed by atoms with van der Waals surface area (Å²) in [4.78, 5) is 2.42. The minimum absolute atomic E-state index is 0.734. The first-order valence-corrected chi connectivity index (χ1v) is 4.78. The number of rotatable bonds is 4. The zero-order valence-corrected chi connectivity index (χ0v) is 7.76. The van der Waals surface area contributed by atoms with Crippen molar-refractivity contribution in [2.75, 3.05) is 26.2 Å². The van der Waals surface area contributed by atoms with E-state index in [9.17, 15) is 0 Å². The highest BCUT2D eigenvalue weighted by Crippen LogP contribution is 2.12. The van der Waals surface area contributed by atoms with Crippen LogP contribution in [0.5, 0.6) is 0 Å². The Balaban J connectivity index is 1.65. The van der Waals surface area contributed by atoms with Gasteiger partial charge in [0.05, 0.1) is 6.54 Å². The fraction of sp³-hybridized carbons (Fsp3) is 0.667. The molecule has 0 radical (unpaired) electrons. The molecule has 0 aliphatic carbocycles. The first-order chi connectivity index (χ1) is 6.38. The maximum atomic E-state index is 5.54. The van der Waals surface area contributed by atoms with Crippen molar-refractivity contribution in [1.82, 2.24) is 14.7 Å². The van der Waals surface area contributed by atoms with Gasteiger partial charge in [0.15, 0.2) is 0 Å². The fourth-order valence-corrected chi connectivity index (χ4v) is 1.69. The van der Waals surface area contributed by atoms with Crippen LogP contribution in [0.15, 0.2) is 18.5 Å². The Morgan fingerprint density at radius 2 is 2.23 bits per heavy atom. The quantitative estimate of drug-likeness (QED) is 0.696. The maximum Gasteiger partial charge on any atom is 0.0536 e. The fourth-order valence-electron chi connectivity index (χ4n) is 1.69. The van der Waals surface area contributed by atoms with Gasteiger partial charge in [0.1, 0.15) is 0 Å². The van der Waals surface area contributed by atoms with Crippen LogP contribution >= 0.6 is 0 Å². The number of likely N-dealkylation sites (tertiary alicyclic amines) is 1. The summed E-state index contributed by atoms with van der Waals surface area (Å²) < 4.78 is 1.97. The molecule has 2 rings (SSSR count). The van der Waals surface area contributed by atoms with Crippen LogP contribution in [0.3, 0.4) is 0 Å². The van der Waals surface area contributed by atoms with Gasteiger partial charge in [-0.25, -0.2) is 0 Å². The van der Waals surface area contributed by atoms with Gasteiger partial charge >= 0.3 is 0 Å². The van der Waals surface area contributed by atoms with Crippen LogP contribution in [-0.2, 0) is 6.54 Å². The first-order valence-electron chi connectivity index (χ1n) is 4.78. The van der Waals surface area contributed by atoms with Crippen LogP contribution < -0.4 is 5.73 Å². The molecule has 4 heteroatoms. The predicted molar refractivity (Wildman–Crippen MR) is 51.2 cm³/mol. The van der Waals surface area contributed by atoms with E-state index < -0.39 is 0 Å². The molecular weight excluding hydrogens is 164 g/mol. The number of hydrogen-bond donors (Lipinski definition) is 1. The predicted octanol–water partition coefficient (Wildman–Crippen LogP) is -0.226. The third-order valence-corrected chi connectivity index (χ3v) is 2.57. The molecule has 1 aliphatic heterocycles. The molecule has 1 fully saturated rings. The molecule has 0 unspecified atom stereocenters. The zero-order valence-electron chi connectivity index (χ0n) is 7.76. The summed E-state index contributed by atoms with van der Waals surface area (Å²) in [6.07, 6.45) is 3.82. The third kappa shape index (κ3) is 2.08. The number of aromatic nitrogens is 2. The van der Waals surface area contributed by atoms with Crippen molar-refractivity contribution in [3.05, 3.63) is 18.5 Å². The Bertz CT molecular complexity index is 238. The second kappa shape index (κ2) is 3.89. The number of nitrogens with two attached hydrogens (primary N) is 1. The zero-order chi connectivity index (χ0) is 9.10. The second-order valence-corrected chi connectivity index (χ2v) is 3.63. The van der Waals surface area contributed by atoms with Crippen LogP contribution in [0.2, 0.25) is 0 Å². The Morgan fingerprint density at radius 3 is 2.85 bits per heavy atom. The molecule has 4 nitrogen and oxygen atoms in total. The van der Waals surface area contributed by atoms with Crippen molar-refractivity contribution in [2.45, 2.75) is 6.54 Å². The van der Waals surface area contributed by atoms with Gasteiger partial charge in [-0.1, -0.05) is 0 Å². The van der Waals surface area contributed by atoms with Crippen LogP contribution in [0.1, 0.15) is 0 Å². The number of hydrogen-bond acceptors (Lipinski definition) is 3. The lowest BCUT2D eigenvalue weighted by molar-refractivity contribution is 0.100. The smallest absolute Gasteiger partial charge is 0.0536 e. The molecular formula is C9H16N4.